The fourth-order valence-corrected chi connectivity index (χ4v) is 3.36. The predicted molar refractivity (Wildman–Crippen MR) is 102 cm³/mol. The molecule has 130 valence electrons. The minimum atomic E-state index is 0.712. The van der Waals surface area contributed by atoms with E-state index in [0.717, 1.165) is 25.6 Å². The molecular formula is C22H27N3. The van der Waals surface area contributed by atoms with Gasteiger partial charge in [-0.25, -0.2) is 0 Å². The van der Waals surface area contributed by atoms with Crippen molar-refractivity contribution in [3.63, 3.8) is 0 Å². The van der Waals surface area contributed by atoms with Crippen LogP contribution in [0.2, 0.25) is 0 Å². The molecule has 0 bridgehead atoms. The van der Waals surface area contributed by atoms with Crippen LogP contribution in [-0.4, -0.2) is 18.0 Å². The van der Waals surface area contributed by atoms with Gasteiger partial charge in [-0.05, 0) is 60.7 Å². The lowest BCUT2D eigenvalue weighted by atomic mass is 9.98. The molecule has 1 aliphatic heterocycles. The van der Waals surface area contributed by atoms with E-state index in [0.29, 0.717) is 5.56 Å². The SMILES string of the molecule is CC1CCN(Cc2cccc(CNCc3ccc(C#N)cc3)c2)CC1. The molecule has 1 N–H and O–H groups in total. The minimum Gasteiger partial charge on any atom is -0.309 e. The van der Waals surface area contributed by atoms with E-state index in [1.54, 1.807) is 0 Å². The van der Waals surface area contributed by atoms with Crippen LogP contribution in [0.4, 0.5) is 0 Å². The molecule has 0 spiro atoms. The first-order valence-electron chi connectivity index (χ1n) is 9.23. The molecule has 3 heteroatoms. The molecule has 3 nitrogen and oxygen atoms in total. The maximum Gasteiger partial charge on any atom is 0.0991 e. The number of nitriles is 1. The third-order valence-electron chi connectivity index (χ3n) is 5.02. The van der Waals surface area contributed by atoms with Crippen molar-refractivity contribution in [3.8, 4) is 6.07 Å². The maximum absolute atomic E-state index is 8.84. The molecule has 1 fully saturated rings. The molecular weight excluding hydrogens is 306 g/mol. The molecule has 0 aromatic heterocycles. The van der Waals surface area contributed by atoms with Gasteiger partial charge in [-0.15, -0.1) is 0 Å². The number of rotatable bonds is 6. The summed E-state index contributed by atoms with van der Waals surface area (Å²) in [5, 5.41) is 12.3. The Labute approximate surface area is 151 Å². The average Bonchev–Trinajstić information content (AvgIpc) is 2.65. The van der Waals surface area contributed by atoms with Crippen LogP contribution in [0.5, 0.6) is 0 Å². The number of hydrogen-bond acceptors (Lipinski definition) is 3. The van der Waals surface area contributed by atoms with E-state index in [9.17, 15) is 0 Å². The summed E-state index contributed by atoms with van der Waals surface area (Å²) in [4.78, 5) is 2.57. The highest BCUT2D eigenvalue weighted by Gasteiger charge is 2.15. The zero-order chi connectivity index (χ0) is 17.5. The van der Waals surface area contributed by atoms with Crippen molar-refractivity contribution in [1.29, 1.82) is 5.26 Å². The third kappa shape index (κ3) is 5.42. The van der Waals surface area contributed by atoms with Crippen molar-refractivity contribution in [2.75, 3.05) is 13.1 Å². The van der Waals surface area contributed by atoms with Gasteiger partial charge in [-0.1, -0.05) is 43.3 Å². The smallest absolute Gasteiger partial charge is 0.0991 e. The van der Waals surface area contributed by atoms with Crippen LogP contribution in [0, 0.1) is 17.2 Å². The van der Waals surface area contributed by atoms with Crippen molar-refractivity contribution in [1.82, 2.24) is 10.2 Å². The van der Waals surface area contributed by atoms with Gasteiger partial charge in [-0.2, -0.15) is 5.26 Å². The van der Waals surface area contributed by atoms with Gasteiger partial charge in [0, 0.05) is 19.6 Å². The number of benzene rings is 2. The molecule has 0 saturated carbocycles. The van der Waals surface area contributed by atoms with Crippen LogP contribution in [-0.2, 0) is 19.6 Å². The second kappa shape index (κ2) is 8.80. The fourth-order valence-electron chi connectivity index (χ4n) is 3.36. The standard InChI is InChI=1S/C22H27N3/c1-18-9-11-25(12-10-18)17-22-4-2-3-21(13-22)16-24-15-20-7-5-19(14-23)6-8-20/h2-8,13,18,24H,9-12,15-17H2,1H3. The van der Waals surface area contributed by atoms with E-state index < -0.39 is 0 Å². The molecule has 25 heavy (non-hydrogen) atoms. The predicted octanol–water partition coefficient (Wildman–Crippen LogP) is 4.08. The Morgan fingerprint density at radius 1 is 1.00 bits per heavy atom. The molecule has 0 amide bonds. The Bertz CT molecular complexity index is 707. The minimum absolute atomic E-state index is 0.712. The van der Waals surface area contributed by atoms with Gasteiger partial charge in [0.05, 0.1) is 11.6 Å². The average molecular weight is 333 g/mol. The van der Waals surface area contributed by atoms with Gasteiger partial charge in [0.15, 0.2) is 0 Å². The van der Waals surface area contributed by atoms with Gasteiger partial charge in [-0.3, -0.25) is 4.90 Å². The number of piperidine rings is 1. The van der Waals surface area contributed by atoms with Crippen LogP contribution in [0.3, 0.4) is 0 Å². The maximum atomic E-state index is 8.84. The van der Waals surface area contributed by atoms with Gasteiger partial charge in [0.2, 0.25) is 0 Å². The van der Waals surface area contributed by atoms with Crippen LogP contribution in [0.1, 0.15) is 42.0 Å². The third-order valence-corrected chi connectivity index (χ3v) is 5.02. The number of hydrogen-bond donors (Lipinski definition) is 1. The second-order valence-corrected chi connectivity index (χ2v) is 7.19. The summed E-state index contributed by atoms with van der Waals surface area (Å²) in [5.74, 6) is 0.883. The lowest BCUT2D eigenvalue weighted by Gasteiger charge is -2.30. The lowest BCUT2D eigenvalue weighted by molar-refractivity contribution is 0.185. The van der Waals surface area contributed by atoms with Crippen molar-refractivity contribution in [2.24, 2.45) is 5.92 Å². The summed E-state index contributed by atoms with van der Waals surface area (Å²) in [6, 6.07) is 18.8. The van der Waals surface area contributed by atoms with E-state index in [1.165, 1.54) is 42.6 Å². The van der Waals surface area contributed by atoms with Crippen molar-refractivity contribution >= 4 is 0 Å². The summed E-state index contributed by atoms with van der Waals surface area (Å²) < 4.78 is 0. The zero-order valence-corrected chi connectivity index (χ0v) is 15.0. The number of likely N-dealkylation sites (tertiary alicyclic amines) is 1. The quantitative estimate of drug-likeness (QED) is 0.866. The summed E-state index contributed by atoms with van der Waals surface area (Å²) in [6.07, 6.45) is 2.65. The summed E-state index contributed by atoms with van der Waals surface area (Å²) in [6.45, 7) is 7.56. The Kier molecular flexibility index (Phi) is 6.22. The van der Waals surface area contributed by atoms with Crippen LogP contribution >= 0.6 is 0 Å². The Morgan fingerprint density at radius 3 is 2.40 bits per heavy atom. The van der Waals surface area contributed by atoms with Crippen LogP contribution < -0.4 is 5.32 Å². The highest BCUT2D eigenvalue weighted by Crippen LogP contribution is 2.18. The van der Waals surface area contributed by atoms with Crippen LogP contribution in [0.25, 0.3) is 0 Å². The van der Waals surface area contributed by atoms with Gasteiger partial charge < -0.3 is 5.32 Å². The molecule has 0 unspecified atom stereocenters. The Hall–Kier alpha value is -2.15. The molecule has 1 saturated heterocycles. The fraction of sp³-hybridized carbons (Fsp3) is 0.409. The normalized spacial score (nSPS) is 15.8. The lowest BCUT2D eigenvalue weighted by Crippen LogP contribution is -2.32. The summed E-state index contributed by atoms with van der Waals surface area (Å²) in [7, 11) is 0. The monoisotopic (exact) mass is 333 g/mol. The molecule has 1 heterocycles. The van der Waals surface area contributed by atoms with Crippen molar-refractivity contribution in [2.45, 2.75) is 39.4 Å². The Morgan fingerprint density at radius 2 is 1.68 bits per heavy atom. The number of nitrogens with zero attached hydrogens (tertiary/aromatic N) is 2. The van der Waals surface area contributed by atoms with Gasteiger partial charge in [0.25, 0.3) is 0 Å². The van der Waals surface area contributed by atoms with Crippen LogP contribution in [0.15, 0.2) is 48.5 Å². The molecule has 2 aromatic carbocycles. The summed E-state index contributed by atoms with van der Waals surface area (Å²) in [5.41, 5.74) is 4.66. The summed E-state index contributed by atoms with van der Waals surface area (Å²) >= 11 is 0. The second-order valence-electron chi connectivity index (χ2n) is 7.19. The van der Waals surface area contributed by atoms with Gasteiger partial charge in [0.1, 0.15) is 0 Å². The largest absolute Gasteiger partial charge is 0.309 e. The molecule has 0 atom stereocenters. The van der Waals surface area contributed by atoms with E-state index >= 15 is 0 Å². The molecule has 1 aliphatic rings. The highest BCUT2D eigenvalue weighted by molar-refractivity contribution is 5.31. The van der Waals surface area contributed by atoms with Crippen molar-refractivity contribution in [3.05, 3.63) is 70.8 Å². The molecule has 3 rings (SSSR count). The first-order chi connectivity index (χ1) is 12.2. The zero-order valence-electron chi connectivity index (χ0n) is 15.0. The van der Waals surface area contributed by atoms with Crippen molar-refractivity contribution < 1.29 is 0 Å². The van der Waals surface area contributed by atoms with E-state index in [2.05, 4.69) is 47.5 Å². The van der Waals surface area contributed by atoms with E-state index in [4.69, 9.17) is 5.26 Å². The number of nitrogens with one attached hydrogen (secondary N) is 1. The highest BCUT2D eigenvalue weighted by atomic mass is 15.1. The van der Waals surface area contributed by atoms with E-state index in [-0.39, 0.29) is 0 Å². The molecule has 0 aliphatic carbocycles. The van der Waals surface area contributed by atoms with Gasteiger partial charge >= 0.3 is 0 Å². The Balaban J connectivity index is 1.48. The molecule has 0 radical (unpaired) electrons. The first kappa shape index (κ1) is 17.7. The van der Waals surface area contributed by atoms with E-state index in [1.807, 2.05) is 24.3 Å². The first-order valence-corrected chi connectivity index (χ1v) is 9.23. The topological polar surface area (TPSA) is 39.1 Å². The molecule has 2 aromatic rings.